The first-order valence-electron chi connectivity index (χ1n) is 6.05. The highest BCUT2D eigenvalue weighted by molar-refractivity contribution is 5.88. The van der Waals surface area contributed by atoms with Crippen LogP contribution in [0.3, 0.4) is 0 Å². The zero-order valence-corrected chi connectivity index (χ0v) is 9.81. The van der Waals surface area contributed by atoms with E-state index in [9.17, 15) is 4.79 Å². The molecule has 0 aromatic heterocycles. The molecule has 0 bridgehead atoms. The first kappa shape index (κ1) is 10.7. The van der Waals surface area contributed by atoms with Crippen molar-refractivity contribution in [2.24, 2.45) is 5.41 Å². The van der Waals surface area contributed by atoms with Gasteiger partial charge in [0.25, 0.3) is 0 Å². The van der Waals surface area contributed by atoms with Gasteiger partial charge in [0.05, 0.1) is 0 Å². The Bertz CT molecular complexity index is 275. The standard InChI is InChI=1S/C13H21NO/c1-10(2)9-12(15)14-11-3-5-13(6-4-11)7-8-13/h9,11H,3-8H2,1-2H3,(H,14,15). The summed E-state index contributed by atoms with van der Waals surface area (Å²) >= 11 is 0. The van der Waals surface area contributed by atoms with E-state index in [1.807, 2.05) is 13.8 Å². The molecule has 2 nitrogen and oxygen atoms in total. The van der Waals surface area contributed by atoms with Gasteiger partial charge in [-0.3, -0.25) is 4.79 Å². The Balaban J connectivity index is 1.76. The van der Waals surface area contributed by atoms with Gasteiger partial charge in [0, 0.05) is 12.1 Å². The van der Waals surface area contributed by atoms with Gasteiger partial charge in [0.15, 0.2) is 0 Å². The normalized spacial score (nSPS) is 23.6. The molecule has 0 aromatic rings. The lowest BCUT2D eigenvalue weighted by atomic mass is 9.83. The van der Waals surface area contributed by atoms with Gasteiger partial charge in [-0.15, -0.1) is 0 Å². The highest BCUT2D eigenvalue weighted by atomic mass is 16.1. The average molecular weight is 207 g/mol. The number of carbonyl (C=O) groups is 1. The van der Waals surface area contributed by atoms with Crippen LogP contribution >= 0.6 is 0 Å². The fourth-order valence-corrected chi connectivity index (χ4v) is 2.56. The lowest BCUT2D eigenvalue weighted by Crippen LogP contribution is -2.37. The summed E-state index contributed by atoms with van der Waals surface area (Å²) in [6.45, 7) is 3.92. The van der Waals surface area contributed by atoms with Gasteiger partial charge in [-0.2, -0.15) is 0 Å². The van der Waals surface area contributed by atoms with Gasteiger partial charge in [-0.1, -0.05) is 5.57 Å². The first-order valence-corrected chi connectivity index (χ1v) is 6.05. The molecule has 2 heteroatoms. The summed E-state index contributed by atoms with van der Waals surface area (Å²) in [5.74, 6) is 0.0896. The molecule has 2 saturated carbocycles. The predicted molar refractivity (Wildman–Crippen MR) is 61.5 cm³/mol. The summed E-state index contributed by atoms with van der Waals surface area (Å²) in [5, 5.41) is 3.10. The van der Waals surface area contributed by atoms with Crippen LogP contribution in [0, 0.1) is 5.41 Å². The molecule has 84 valence electrons. The number of allylic oxidation sites excluding steroid dienone is 1. The van der Waals surface area contributed by atoms with Crippen molar-refractivity contribution in [3.63, 3.8) is 0 Å². The molecule has 2 rings (SSSR count). The van der Waals surface area contributed by atoms with E-state index < -0.39 is 0 Å². The first-order chi connectivity index (χ1) is 7.10. The van der Waals surface area contributed by atoms with Crippen molar-refractivity contribution in [2.75, 3.05) is 0 Å². The summed E-state index contributed by atoms with van der Waals surface area (Å²) in [6.07, 6.45) is 9.58. The molecule has 0 heterocycles. The van der Waals surface area contributed by atoms with E-state index in [1.54, 1.807) is 6.08 Å². The number of hydrogen-bond donors (Lipinski definition) is 1. The van der Waals surface area contributed by atoms with Crippen molar-refractivity contribution in [3.05, 3.63) is 11.6 Å². The zero-order chi connectivity index (χ0) is 10.9. The van der Waals surface area contributed by atoms with Crippen molar-refractivity contribution in [2.45, 2.75) is 58.4 Å². The summed E-state index contributed by atoms with van der Waals surface area (Å²) in [5.41, 5.74) is 1.79. The third-order valence-corrected chi connectivity index (χ3v) is 3.77. The third-order valence-electron chi connectivity index (χ3n) is 3.77. The maximum absolute atomic E-state index is 11.5. The maximum atomic E-state index is 11.5. The van der Waals surface area contributed by atoms with Crippen molar-refractivity contribution >= 4 is 5.91 Å². The molecule has 1 amide bonds. The molecule has 0 unspecified atom stereocenters. The van der Waals surface area contributed by atoms with Crippen molar-refractivity contribution < 1.29 is 4.79 Å². The average Bonchev–Trinajstić information content (AvgIpc) is 2.89. The minimum Gasteiger partial charge on any atom is -0.350 e. The van der Waals surface area contributed by atoms with Crippen molar-refractivity contribution in [1.29, 1.82) is 0 Å². The molecule has 2 fully saturated rings. The van der Waals surface area contributed by atoms with E-state index >= 15 is 0 Å². The van der Waals surface area contributed by atoms with Gasteiger partial charge in [0.2, 0.25) is 5.91 Å². The van der Waals surface area contributed by atoms with E-state index in [4.69, 9.17) is 0 Å². The van der Waals surface area contributed by atoms with Crippen LogP contribution in [-0.4, -0.2) is 11.9 Å². The minimum atomic E-state index is 0.0896. The SMILES string of the molecule is CC(C)=CC(=O)NC1CCC2(CC1)CC2. The molecule has 15 heavy (non-hydrogen) atoms. The summed E-state index contributed by atoms with van der Waals surface area (Å²) in [4.78, 5) is 11.5. The van der Waals surface area contributed by atoms with E-state index in [0.717, 1.165) is 11.0 Å². The summed E-state index contributed by atoms with van der Waals surface area (Å²) < 4.78 is 0. The maximum Gasteiger partial charge on any atom is 0.244 e. The van der Waals surface area contributed by atoms with Crippen LogP contribution in [0.15, 0.2) is 11.6 Å². The second kappa shape index (κ2) is 3.99. The molecular formula is C13H21NO. The molecule has 1 N–H and O–H groups in total. The van der Waals surface area contributed by atoms with Gasteiger partial charge in [-0.05, 0) is 57.8 Å². The minimum absolute atomic E-state index is 0.0896. The fraction of sp³-hybridized carbons (Fsp3) is 0.769. The fourth-order valence-electron chi connectivity index (χ4n) is 2.56. The van der Waals surface area contributed by atoms with Crippen LogP contribution < -0.4 is 5.32 Å². The number of carbonyl (C=O) groups excluding carboxylic acids is 1. The topological polar surface area (TPSA) is 29.1 Å². The molecule has 0 saturated heterocycles. The Morgan fingerprint density at radius 2 is 1.80 bits per heavy atom. The largest absolute Gasteiger partial charge is 0.350 e. The van der Waals surface area contributed by atoms with Crippen LogP contribution in [-0.2, 0) is 4.79 Å². The Labute approximate surface area is 92.1 Å². The van der Waals surface area contributed by atoms with Crippen LogP contribution in [0.1, 0.15) is 52.4 Å². The summed E-state index contributed by atoms with van der Waals surface area (Å²) in [7, 11) is 0. The summed E-state index contributed by atoms with van der Waals surface area (Å²) in [6, 6.07) is 0.430. The van der Waals surface area contributed by atoms with Gasteiger partial charge in [-0.25, -0.2) is 0 Å². The van der Waals surface area contributed by atoms with Crippen molar-refractivity contribution in [3.8, 4) is 0 Å². The van der Waals surface area contributed by atoms with Crippen LogP contribution in [0.2, 0.25) is 0 Å². The highest BCUT2D eigenvalue weighted by Crippen LogP contribution is 2.56. The molecule has 1 spiro atoms. The van der Waals surface area contributed by atoms with Gasteiger partial charge < -0.3 is 5.32 Å². The molecular weight excluding hydrogens is 186 g/mol. The zero-order valence-electron chi connectivity index (χ0n) is 9.81. The Morgan fingerprint density at radius 3 is 2.27 bits per heavy atom. The van der Waals surface area contributed by atoms with E-state index in [-0.39, 0.29) is 5.91 Å². The van der Waals surface area contributed by atoms with E-state index in [1.165, 1.54) is 38.5 Å². The quantitative estimate of drug-likeness (QED) is 0.693. The Kier molecular flexibility index (Phi) is 2.85. The second-order valence-electron chi connectivity index (χ2n) is 5.50. The number of nitrogens with one attached hydrogen (secondary N) is 1. The number of amides is 1. The number of rotatable bonds is 2. The molecule has 0 aromatic carbocycles. The van der Waals surface area contributed by atoms with Crippen LogP contribution in [0.25, 0.3) is 0 Å². The predicted octanol–water partition coefficient (Wildman–Crippen LogP) is 2.79. The molecule has 2 aliphatic rings. The third kappa shape index (κ3) is 2.83. The van der Waals surface area contributed by atoms with Gasteiger partial charge >= 0.3 is 0 Å². The lowest BCUT2D eigenvalue weighted by Gasteiger charge is -2.28. The number of hydrogen-bond acceptors (Lipinski definition) is 1. The lowest BCUT2D eigenvalue weighted by molar-refractivity contribution is -0.117. The van der Waals surface area contributed by atoms with E-state index in [0.29, 0.717) is 6.04 Å². The van der Waals surface area contributed by atoms with Gasteiger partial charge in [0.1, 0.15) is 0 Å². The van der Waals surface area contributed by atoms with E-state index in [2.05, 4.69) is 5.32 Å². The Morgan fingerprint density at radius 1 is 1.20 bits per heavy atom. The molecule has 0 aliphatic heterocycles. The second-order valence-corrected chi connectivity index (χ2v) is 5.50. The smallest absolute Gasteiger partial charge is 0.244 e. The monoisotopic (exact) mass is 207 g/mol. The highest BCUT2D eigenvalue weighted by Gasteiger charge is 2.44. The van der Waals surface area contributed by atoms with Crippen LogP contribution in [0.5, 0.6) is 0 Å². The molecule has 0 atom stereocenters. The Hall–Kier alpha value is -0.790. The molecule has 2 aliphatic carbocycles. The van der Waals surface area contributed by atoms with Crippen molar-refractivity contribution in [1.82, 2.24) is 5.32 Å². The van der Waals surface area contributed by atoms with Crippen LogP contribution in [0.4, 0.5) is 0 Å². The molecule has 0 radical (unpaired) electrons.